The number of hydrogen-bond acceptors (Lipinski definition) is 1. The zero-order valence-corrected chi connectivity index (χ0v) is 7.70. The predicted molar refractivity (Wildman–Crippen MR) is 45.6 cm³/mol. The van der Waals surface area contributed by atoms with Crippen LogP contribution in [0.2, 0.25) is 5.02 Å². The molecule has 0 atom stereocenters. The second kappa shape index (κ2) is 2.81. The summed E-state index contributed by atoms with van der Waals surface area (Å²) in [6, 6.07) is 3.22. The summed E-state index contributed by atoms with van der Waals surface area (Å²) in [5.74, 6) is 0.260. The van der Waals surface area contributed by atoms with Crippen molar-refractivity contribution in [2.45, 2.75) is 6.92 Å². The largest absolute Gasteiger partial charge is 0.508 e. The lowest BCUT2D eigenvalue weighted by Gasteiger charge is -2.01. The van der Waals surface area contributed by atoms with Crippen LogP contribution in [-0.4, -0.2) is 5.11 Å². The van der Waals surface area contributed by atoms with Crippen LogP contribution in [0, 0.1) is 6.92 Å². The Kier molecular flexibility index (Phi) is 2.21. The minimum Gasteiger partial charge on any atom is -0.508 e. The highest BCUT2D eigenvalue weighted by Crippen LogP contribution is 2.31. The van der Waals surface area contributed by atoms with Crippen molar-refractivity contribution in [3.05, 3.63) is 27.2 Å². The normalized spacial score (nSPS) is 9.90. The summed E-state index contributed by atoms with van der Waals surface area (Å²) < 4.78 is 0.758. The van der Waals surface area contributed by atoms with Crippen LogP contribution >= 0.6 is 27.5 Å². The molecular formula is C7H6BrClO. The van der Waals surface area contributed by atoms with Crippen molar-refractivity contribution >= 4 is 27.5 Å². The third kappa shape index (κ3) is 1.27. The van der Waals surface area contributed by atoms with Crippen molar-refractivity contribution in [1.82, 2.24) is 0 Å². The van der Waals surface area contributed by atoms with Crippen molar-refractivity contribution in [3.8, 4) is 5.75 Å². The van der Waals surface area contributed by atoms with Gasteiger partial charge in [-0.05, 0) is 35.0 Å². The SMILES string of the molecule is Cc1c(O)ccc(Cl)c1Br. The molecule has 0 aliphatic carbocycles. The summed E-state index contributed by atoms with van der Waals surface area (Å²) in [5.41, 5.74) is 0.771. The molecule has 0 spiro atoms. The third-order valence-electron chi connectivity index (χ3n) is 1.31. The summed E-state index contributed by atoms with van der Waals surface area (Å²) in [5, 5.41) is 9.76. The van der Waals surface area contributed by atoms with Crippen molar-refractivity contribution in [3.63, 3.8) is 0 Å². The first kappa shape index (κ1) is 7.89. The summed E-state index contributed by atoms with van der Waals surface area (Å²) in [6.45, 7) is 1.80. The van der Waals surface area contributed by atoms with E-state index in [-0.39, 0.29) is 5.75 Å². The average Bonchev–Trinajstić information content (AvgIpc) is 1.93. The van der Waals surface area contributed by atoms with Gasteiger partial charge in [0.15, 0.2) is 0 Å². The molecule has 0 saturated carbocycles. The Morgan fingerprint density at radius 3 is 2.60 bits per heavy atom. The molecule has 0 aliphatic heterocycles. The second-order valence-electron chi connectivity index (χ2n) is 2.01. The first-order valence-electron chi connectivity index (χ1n) is 2.76. The van der Waals surface area contributed by atoms with Crippen molar-refractivity contribution in [1.29, 1.82) is 0 Å². The third-order valence-corrected chi connectivity index (χ3v) is 2.88. The van der Waals surface area contributed by atoms with E-state index >= 15 is 0 Å². The fraction of sp³-hybridized carbons (Fsp3) is 0.143. The van der Waals surface area contributed by atoms with E-state index in [4.69, 9.17) is 16.7 Å². The number of phenols is 1. The van der Waals surface area contributed by atoms with Gasteiger partial charge in [-0.25, -0.2) is 0 Å². The van der Waals surface area contributed by atoms with Gasteiger partial charge in [0.2, 0.25) is 0 Å². The number of rotatable bonds is 0. The predicted octanol–water partition coefficient (Wildman–Crippen LogP) is 3.12. The highest BCUT2D eigenvalue weighted by Gasteiger charge is 2.03. The van der Waals surface area contributed by atoms with Crippen molar-refractivity contribution in [2.75, 3.05) is 0 Å². The van der Waals surface area contributed by atoms with Gasteiger partial charge in [-0.1, -0.05) is 11.6 Å². The topological polar surface area (TPSA) is 20.2 Å². The Hall–Kier alpha value is -0.210. The summed E-state index contributed by atoms with van der Waals surface area (Å²) >= 11 is 8.97. The lowest BCUT2D eigenvalue weighted by atomic mass is 10.2. The van der Waals surface area contributed by atoms with Gasteiger partial charge < -0.3 is 5.11 Å². The Morgan fingerprint density at radius 1 is 1.50 bits per heavy atom. The van der Waals surface area contributed by atoms with E-state index in [1.54, 1.807) is 19.1 Å². The molecular weight excluding hydrogens is 215 g/mol. The average molecular weight is 221 g/mol. The number of benzene rings is 1. The highest BCUT2D eigenvalue weighted by atomic mass is 79.9. The van der Waals surface area contributed by atoms with Gasteiger partial charge in [0.1, 0.15) is 5.75 Å². The molecule has 0 bridgehead atoms. The van der Waals surface area contributed by atoms with E-state index in [0.717, 1.165) is 10.0 Å². The van der Waals surface area contributed by atoms with Crippen LogP contribution in [0.3, 0.4) is 0 Å². The van der Waals surface area contributed by atoms with E-state index in [0.29, 0.717) is 5.02 Å². The number of aromatic hydroxyl groups is 1. The Balaban J connectivity index is 3.34. The van der Waals surface area contributed by atoms with E-state index in [1.165, 1.54) is 0 Å². The van der Waals surface area contributed by atoms with E-state index in [2.05, 4.69) is 15.9 Å². The Labute approximate surface area is 72.8 Å². The molecule has 3 heteroatoms. The second-order valence-corrected chi connectivity index (χ2v) is 3.21. The molecule has 10 heavy (non-hydrogen) atoms. The molecule has 1 aromatic carbocycles. The monoisotopic (exact) mass is 220 g/mol. The van der Waals surface area contributed by atoms with Crippen LogP contribution in [0.15, 0.2) is 16.6 Å². The minimum atomic E-state index is 0.260. The molecule has 0 saturated heterocycles. The minimum absolute atomic E-state index is 0.260. The Bertz CT molecular complexity index is 233. The molecule has 1 rings (SSSR count). The van der Waals surface area contributed by atoms with Gasteiger partial charge in [-0.3, -0.25) is 0 Å². The number of hydrogen-bond donors (Lipinski definition) is 1. The van der Waals surface area contributed by atoms with Gasteiger partial charge in [0.05, 0.1) is 5.02 Å². The van der Waals surface area contributed by atoms with Gasteiger partial charge in [0.25, 0.3) is 0 Å². The molecule has 54 valence electrons. The maximum atomic E-state index is 9.14. The molecule has 1 N–H and O–H groups in total. The van der Waals surface area contributed by atoms with Crippen LogP contribution in [0.25, 0.3) is 0 Å². The van der Waals surface area contributed by atoms with Crippen molar-refractivity contribution < 1.29 is 5.11 Å². The number of halogens is 2. The van der Waals surface area contributed by atoms with Gasteiger partial charge in [0, 0.05) is 10.0 Å². The van der Waals surface area contributed by atoms with E-state index in [9.17, 15) is 0 Å². The summed E-state index contributed by atoms with van der Waals surface area (Å²) in [4.78, 5) is 0. The van der Waals surface area contributed by atoms with E-state index < -0.39 is 0 Å². The first-order valence-corrected chi connectivity index (χ1v) is 3.93. The van der Waals surface area contributed by atoms with E-state index in [1.807, 2.05) is 0 Å². The molecule has 0 radical (unpaired) electrons. The van der Waals surface area contributed by atoms with Crippen molar-refractivity contribution in [2.24, 2.45) is 0 Å². The standard InChI is InChI=1S/C7H6BrClO/c1-4-6(10)3-2-5(9)7(4)8/h2-3,10H,1H3. The fourth-order valence-corrected chi connectivity index (χ4v) is 1.18. The highest BCUT2D eigenvalue weighted by molar-refractivity contribution is 9.10. The zero-order valence-electron chi connectivity index (χ0n) is 5.36. The van der Waals surface area contributed by atoms with Crippen LogP contribution in [0.1, 0.15) is 5.56 Å². The number of phenolic OH excluding ortho intramolecular Hbond substituents is 1. The fourth-order valence-electron chi connectivity index (χ4n) is 0.642. The molecule has 0 aromatic heterocycles. The molecule has 0 fully saturated rings. The maximum Gasteiger partial charge on any atom is 0.119 e. The molecule has 0 amide bonds. The van der Waals surface area contributed by atoms with Gasteiger partial charge in [-0.15, -0.1) is 0 Å². The summed E-state index contributed by atoms with van der Waals surface area (Å²) in [7, 11) is 0. The zero-order chi connectivity index (χ0) is 7.72. The van der Waals surface area contributed by atoms with Crippen LogP contribution < -0.4 is 0 Å². The molecule has 1 aromatic rings. The maximum absolute atomic E-state index is 9.14. The molecule has 0 heterocycles. The van der Waals surface area contributed by atoms with Crippen LogP contribution in [0.5, 0.6) is 5.75 Å². The van der Waals surface area contributed by atoms with Crippen LogP contribution in [0.4, 0.5) is 0 Å². The molecule has 0 unspecified atom stereocenters. The smallest absolute Gasteiger partial charge is 0.119 e. The summed E-state index contributed by atoms with van der Waals surface area (Å²) in [6.07, 6.45) is 0. The Morgan fingerprint density at radius 2 is 2.10 bits per heavy atom. The van der Waals surface area contributed by atoms with Crippen LogP contribution in [-0.2, 0) is 0 Å². The quantitative estimate of drug-likeness (QED) is 0.714. The first-order chi connectivity index (χ1) is 4.63. The lowest BCUT2D eigenvalue weighted by Crippen LogP contribution is -1.77. The van der Waals surface area contributed by atoms with Gasteiger partial charge >= 0.3 is 0 Å². The molecule has 1 nitrogen and oxygen atoms in total. The van der Waals surface area contributed by atoms with Gasteiger partial charge in [-0.2, -0.15) is 0 Å². The molecule has 0 aliphatic rings. The lowest BCUT2D eigenvalue weighted by molar-refractivity contribution is 0.470.